The van der Waals surface area contributed by atoms with E-state index in [1.54, 1.807) is 26.1 Å². The van der Waals surface area contributed by atoms with Crippen molar-refractivity contribution in [2.75, 3.05) is 0 Å². The molecule has 5 heteroatoms. The van der Waals surface area contributed by atoms with Crippen molar-refractivity contribution in [3.63, 3.8) is 0 Å². The molecule has 100 valence electrons. The number of nitrogens with zero attached hydrogens (tertiary/aromatic N) is 2. The van der Waals surface area contributed by atoms with Gasteiger partial charge in [0.2, 0.25) is 0 Å². The first-order valence-corrected chi connectivity index (χ1v) is 6.40. The fourth-order valence-corrected chi connectivity index (χ4v) is 1.70. The molecule has 0 fully saturated rings. The molecule has 1 aromatic heterocycles. The molecule has 0 saturated carbocycles. The van der Waals surface area contributed by atoms with Gasteiger partial charge in [-0.1, -0.05) is 19.4 Å². The maximum absolute atomic E-state index is 13.5. The molecule has 0 bridgehead atoms. The second-order valence-electron chi connectivity index (χ2n) is 5.00. The molecule has 18 heavy (non-hydrogen) atoms. The van der Waals surface area contributed by atoms with E-state index in [-0.39, 0.29) is 0 Å². The number of rotatable bonds is 3. The van der Waals surface area contributed by atoms with Gasteiger partial charge in [0.1, 0.15) is 4.60 Å². The minimum Gasteiger partial charge on any atom is -0.252 e. The maximum Gasteiger partial charge on any atom is 0.254 e. The molecule has 0 saturated heterocycles. The molecule has 2 nitrogen and oxygen atoms in total. The Morgan fingerprint density at radius 1 is 1.33 bits per heavy atom. The van der Waals surface area contributed by atoms with Gasteiger partial charge in [-0.25, -0.2) is 13.8 Å². The monoisotopic (exact) mass is 318 g/mol. The van der Waals surface area contributed by atoms with Gasteiger partial charge in [-0.3, -0.25) is 4.98 Å². The number of alkyl halides is 2. The summed E-state index contributed by atoms with van der Waals surface area (Å²) in [5.41, 5.74) is 0.690. The van der Waals surface area contributed by atoms with Crippen LogP contribution in [0.3, 0.4) is 0 Å². The highest BCUT2D eigenvalue weighted by molar-refractivity contribution is 9.10. The van der Waals surface area contributed by atoms with Crippen LogP contribution >= 0.6 is 15.9 Å². The van der Waals surface area contributed by atoms with Crippen molar-refractivity contribution in [2.45, 2.75) is 40.5 Å². The van der Waals surface area contributed by atoms with E-state index in [0.717, 1.165) is 6.92 Å². The Hall–Kier alpha value is -0.840. The normalized spacial score (nSPS) is 13.9. The third-order valence-corrected chi connectivity index (χ3v) is 3.77. The Balaban J connectivity index is 3.17. The Morgan fingerprint density at radius 3 is 2.33 bits per heavy atom. The molecule has 0 radical (unpaired) electrons. The summed E-state index contributed by atoms with van der Waals surface area (Å²) in [6, 6.07) is 0. The molecule has 0 aliphatic rings. The largest absolute Gasteiger partial charge is 0.254 e. The van der Waals surface area contributed by atoms with Gasteiger partial charge in [0.05, 0.1) is 17.6 Å². The van der Waals surface area contributed by atoms with E-state index < -0.39 is 11.3 Å². The van der Waals surface area contributed by atoms with Gasteiger partial charge in [-0.2, -0.15) is 0 Å². The van der Waals surface area contributed by atoms with Gasteiger partial charge in [0.25, 0.3) is 5.92 Å². The molecular weight excluding hydrogens is 302 g/mol. The Bertz CT molecular complexity index is 476. The topological polar surface area (TPSA) is 25.8 Å². The average molecular weight is 319 g/mol. The molecule has 1 rings (SSSR count). The summed E-state index contributed by atoms with van der Waals surface area (Å²) in [6.07, 6.45) is 3.23. The van der Waals surface area contributed by atoms with Gasteiger partial charge >= 0.3 is 0 Å². The lowest BCUT2D eigenvalue weighted by atomic mass is 9.79. The van der Waals surface area contributed by atoms with E-state index in [1.165, 1.54) is 13.8 Å². The maximum atomic E-state index is 13.5. The molecular formula is C13H17BrF2N2. The molecule has 1 aromatic rings. The predicted molar refractivity (Wildman–Crippen MR) is 72.5 cm³/mol. The molecule has 1 heterocycles. The van der Waals surface area contributed by atoms with E-state index in [2.05, 4.69) is 25.9 Å². The molecule has 0 aliphatic carbocycles. The Morgan fingerprint density at radius 2 is 1.89 bits per heavy atom. The van der Waals surface area contributed by atoms with E-state index in [9.17, 15) is 8.78 Å². The molecule has 0 aromatic carbocycles. The second kappa shape index (κ2) is 5.03. The van der Waals surface area contributed by atoms with Crippen LogP contribution in [0.2, 0.25) is 0 Å². The first-order valence-electron chi connectivity index (χ1n) is 5.61. The SMILES string of the molecule is C/C(=C\c1ncc(Br)nc1C)C(C)(C)C(C)(F)F. The third-order valence-electron chi connectivity index (χ3n) is 3.39. The highest BCUT2D eigenvalue weighted by Crippen LogP contribution is 2.42. The fourth-order valence-electron chi connectivity index (χ4n) is 1.34. The van der Waals surface area contributed by atoms with E-state index in [1.807, 2.05) is 0 Å². The van der Waals surface area contributed by atoms with E-state index >= 15 is 0 Å². The first-order chi connectivity index (χ1) is 8.05. The van der Waals surface area contributed by atoms with Crippen LogP contribution in [0.5, 0.6) is 0 Å². The number of allylic oxidation sites excluding steroid dienone is 1. The number of hydrogen-bond donors (Lipinski definition) is 0. The highest BCUT2D eigenvalue weighted by atomic mass is 79.9. The van der Waals surface area contributed by atoms with Gasteiger partial charge in [-0.15, -0.1) is 0 Å². The third kappa shape index (κ3) is 3.13. The van der Waals surface area contributed by atoms with Crippen molar-refractivity contribution >= 4 is 22.0 Å². The van der Waals surface area contributed by atoms with Crippen LogP contribution in [0.4, 0.5) is 8.78 Å². The molecule has 0 aliphatic heterocycles. The highest BCUT2D eigenvalue weighted by Gasteiger charge is 2.43. The zero-order chi connectivity index (χ0) is 14.1. The van der Waals surface area contributed by atoms with Crippen molar-refractivity contribution in [2.24, 2.45) is 5.41 Å². The standard InChI is InChI=1S/C13H17BrF2N2/c1-8(12(3,4)13(5,15)16)6-10-9(2)18-11(14)7-17-10/h6-7H,1-5H3/b8-6+. The van der Waals surface area contributed by atoms with Gasteiger partial charge in [0.15, 0.2) is 0 Å². The quantitative estimate of drug-likeness (QED) is 0.811. The summed E-state index contributed by atoms with van der Waals surface area (Å²) >= 11 is 3.22. The van der Waals surface area contributed by atoms with Crippen LogP contribution < -0.4 is 0 Å². The minimum atomic E-state index is -2.79. The molecule has 0 atom stereocenters. The Labute approximate surface area is 115 Å². The number of aryl methyl sites for hydroxylation is 1. The minimum absolute atomic E-state index is 0.578. The van der Waals surface area contributed by atoms with Crippen molar-refractivity contribution < 1.29 is 8.78 Å². The Kier molecular flexibility index (Phi) is 4.26. The zero-order valence-electron chi connectivity index (χ0n) is 11.2. The lowest BCUT2D eigenvalue weighted by Gasteiger charge is -2.32. The van der Waals surface area contributed by atoms with Crippen LogP contribution in [-0.2, 0) is 0 Å². The number of aromatic nitrogens is 2. The number of hydrogen-bond acceptors (Lipinski definition) is 2. The summed E-state index contributed by atoms with van der Waals surface area (Å²) in [6.45, 7) is 7.49. The lowest BCUT2D eigenvalue weighted by molar-refractivity contribution is -0.0685. The molecule has 0 unspecified atom stereocenters. The van der Waals surface area contributed by atoms with Crippen molar-refractivity contribution in [3.05, 3.63) is 27.8 Å². The van der Waals surface area contributed by atoms with Crippen molar-refractivity contribution in [1.82, 2.24) is 9.97 Å². The summed E-state index contributed by atoms with van der Waals surface area (Å²) in [7, 11) is 0. The van der Waals surface area contributed by atoms with E-state index in [0.29, 0.717) is 21.6 Å². The fraction of sp³-hybridized carbons (Fsp3) is 0.538. The molecule has 0 spiro atoms. The smallest absolute Gasteiger partial charge is 0.252 e. The van der Waals surface area contributed by atoms with Crippen LogP contribution in [0.1, 0.15) is 39.1 Å². The first kappa shape index (κ1) is 15.2. The second-order valence-corrected chi connectivity index (χ2v) is 5.82. The van der Waals surface area contributed by atoms with Crippen LogP contribution in [-0.4, -0.2) is 15.9 Å². The summed E-state index contributed by atoms with van der Waals surface area (Å²) in [5.74, 6) is -2.79. The summed E-state index contributed by atoms with van der Waals surface area (Å²) in [5, 5.41) is 0. The van der Waals surface area contributed by atoms with Gasteiger partial charge in [-0.05, 0) is 35.9 Å². The van der Waals surface area contributed by atoms with Crippen LogP contribution in [0, 0.1) is 12.3 Å². The van der Waals surface area contributed by atoms with Crippen molar-refractivity contribution in [1.29, 1.82) is 0 Å². The molecule has 0 N–H and O–H groups in total. The van der Waals surface area contributed by atoms with Crippen LogP contribution in [0.25, 0.3) is 6.08 Å². The summed E-state index contributed by atoms with van der Waals surface area (Å²) in [4.78, 5) is 8.38. The summed E-state index contributed by atoms with van der Waals surface area (Å²) < 4.78 is 27.7. The molecule has 0 amide bonds. The predicted octanol–water partition coefficient (Wildman–Crippen LogP) is 4.63. The zero-order valence-corrected chi connectivity index (χ0v) is 12.8. The number of halogens is 3. The van der Waals surface area contributed by atoms with E-state index in [4.69, 9.17) is 0 Å². The van der Waals surface area contributed by atoms with Gasteiger partial charge in [0, 0.05) is 12.3 Å². The van der Waals surface area contributed by atoms with Gasteiger partial charge < -0.3 is 0 Å². The average Bonchev–Trinajstić information content (AvgIpc) is 2.20. The van der Waals surface area contributed by atoms with Crippen LogP contribution in [0.15, 0.2) is 16.4 Å². The van der Waals surface area contributed by atoms with Crippen molar-refractivity contribution in [3.8, 4) is 0 Å². The lowest BCUT2D eigenvalue weighted by Crippen LogP contribution is -2.34.